The quantitative estimate of drug-likeness (QED) is 0.192. The molecule has 26 heavy (non-hydrogen) atoms. The summed E-state index contributed by atoms with van der Waals surface area (Å²) in [7, 11) is -5.24. The number of thioether (sulfide) groups is 1. The second kappa shape index (κ2) is 6.73. The molecule has 2 aliphatic heterocycles. The normalized spacial score (nSPS) is 39.9. The Kier molecular flexibility index (Phi) is 5.45. The summed E-state index contributed by atoms with van der Waals surface area (Å²) in [5, 5.41) is 20.1. The molecule has 2 heterocycles. The first-order valence-corrected chi connectivity index (χ1v) is 9.50. The SMILES string of the molecule is CC(=O)O[C@@H]1[C@@H](N)[C@@H](OP(=O)(O)O)[C@]2(C(=O)O)CS[C@](O)(C(N)=O)[C@H]1O2. The molecule has 0 aromatic carbocycles. The topological polar surface area (TPSA) is 229 Å². The summed E-state index contributed by atoms with van der Waals surface area (Å²) >= 11 is 0.351. The summed E-state index contributed by atoms with van der Waals surface area (Å²) in [5.41, 5.74) is 8.57. The van der Waals surface area contributed by atoms with Gasteiger partial charge in [0.15, 0.2) is 0 Å². The number of phosphoric ester groups is 1. The van der Waals surface area contributed by atoms with Crippen molar-refractivity contribution >= 4 is 37.4 Å². The number of hydrogen-bond acceptors (Lipinski definition) is 10. The largest absolute Gasteiger partial charge is 0.479 e. The minimum absolute atomic E-state index is 0.351. The van der Waals surface area contributed by atoms with Gasteiger partial charge in [0, 0.05) is 12.7 Å². The molecule has 0 aromatic rings. The molecule has 0 aliphatic carbocycles. The Morgan fingerprint density at radius 3 is 2.35 bits per heavy atom. The maximum absolute atomic E-state index is 11.8. The summed E-state index contributed by atoms with van der Waals surface area (Å²) in [5.74, 6) is -4.63. The van der Waals surface area contributed by atoms with Crippen molar-refractivity contribution in [3.63, 3.8) is 0 Å². The minimum atomic E-state index is -5.24. The molecule has 15 heteroatoms. The van der Waals surface area contributed by atoms with Crippen molar-refractivity contribution in [1.29, 1.82) is 0 Å². The van der Waals surface area contributed by atoms with E-state index in [0.717, 1.165) is 6.92 Å². The van der Waals surface area contributed by atoms with Gasteiger partial charge in [-0.05, 0) is 0 Å². The van der Waals surface area contributed by atoms with Gasteiger partial charge in [0.25, 0.3) is 5.91 Å². The van der Waals surface area contributed by atoms with E-state index >= 15 is 0 Å². The Bertz CT molecular complexity index is 685. The van der Waals surface area contributed by atoms with Crippen LogP contribution in [0.15, 0.2) is 0 Å². The zero-order chi connectivity index (χ0) is 20.1. The first kappa shape index (κ1) is 21.1. The van der Waals surface area contributed by atoms with E-state index in [1.807, 2.05) is 0 Å². The Balaban J connectivity index is 2.58. The number of primary amides is 1. The highest BCUT2D eigenvalue weighted by molar-refractivity contribution is 8.01. The van der Waals surface area contributed by atoms with Crippen LogP contribution in [-0.2, 0) is 32.9 Å². The Hall–Kier alpha value is -1.25. The van der Waals surface area contributed by atoms with E-state index in [1.165, 1.54) is 0 Å². The molecule has 0 saturated carbocycles. The summed E-state index contributed by atoms with van der Waals surface area (Å²) in [6.07, 6.45) is -5.46. The van der Waals surface area contributed by atoms with E-state index in [4.69, 9.17) is 30.7 Å². The maximum Gasteiger partial charge on any atom is 0.470 e. The molecule has 2 bridgehead atoms. The Labute approximate surface area is 150 Å². The van der Waals surface area contributed by atoms with Gasteiger partial charge in [-0.1, -0.05) is 0 Å². The zero-order valence-corrected chi connectivity index (χ0v) is 14.9. The molecule has 8 N–H and O–H groups in total. The number of phosphoric acid groups is 1. The fourth-order valence-corrected chi connectivity index (χ4v) is 4.73. The van der Waals surface area contributed by atoms with E-state index in [-0.39, 0.29) is 0 Å². The van der Waals surface area contributed by atoms with Crippen molar-refractivity contribution in [2.75, 3.05) is 5.75 Å². The minimum Gasteiger partial charge on any atom is -0.479 e. The highest BCUT2D eigenvalue weighted by atomic mass is 32.2. The van der Waals surface area contributed by atoms with Gasteiger partial charge in [0.1, 0.15) is 18.3 Å². The summed E-state index contributed by atoms with van der Waals surface area (Å²) in [6.45, 7) is 0.962. The summed E-state index contributed by atoms with van der Waals surface area (Å²) < 4.78 is 26.0. The van der Waals surface area contributed by atoms with Crippen LogP contribution in [0.1, 0.15) is 6.92 Å². The van der Waals surface area contributed by atoms with Crippen LogP contribution in [0.2, 0.25) is 0 Å². The van der Waals surface area contributed by atoms with Crippen molar-refractivity contribution in [1.82, 2.24) is 0 Å². The second-order valence-electron chi connectivity index (χ2n) is 5.75. The third-order valence-corrected chi connectivity index (χ3v) is 5.93. The van der Waals surface area contributed by atoms with E-state index < -0.39 is 66.3 Å². The van der Waals surface area contributed by atoms with Crippen LogP contribution >= 0.6 is 19.6 Å². The molecule has 1 amide bonds. The first-order chi connectivity index (χ1) is 11.7. The maximum atomic E-state index is 11.8. The van der Waals surface area contributed by atoms with Gasteiger partial charge in [0.2, 0.25) is 10.5 Å². The molecule has 0 unspecified atom stereocenters. The number of rotatable bonds is 5. The predicted octanol–water partition coefficient (Wildman–Crippen LogP) is -3.13. The van der Waals surface area contributed by atoms with Crippen LogP contribution in [0, 0.1) is 0 Å². The van der Waals surface area contributed by atoms with Crippen LogP contribution < -0.4 is 11.5 Å². The van der Waals surface area contributed by atoms with Crippen molar-refractivity contribution in [3.05, 3.63) is 0 Å². The van der Waals surface area contributed by atoms with E-state index in [0.29, 0.717) is 11.8 Å². The number of hydrogen-bond donors (Lipinski definition) is 6. The van der Waals surface area contributed by atoms with Gasteiger partial charge in [-0.3, -0.25) is 14.1 Å². The van der Waals surface area contributed by atoms with E-state index in [9.17, 15) is 29.2 Å². The monoisotopic (exact) mass is 416 g/mol. The standard InChI is InChI=1S/C11H17N2O11PS/c1-3(14)22-5-4(12)6(24-25(19,20)21)10(9(16)17)2-26-11(18,8(13)15)7(5)23-10/h4-7,18H,2,12H2,1H3,(H2,13,15)(H,16,17)(H2,19,20,21)/t4-,5-,6-,7+,10+,11+/m1/s1. The number of aliphatic carboxylic acids is 1. The molecule has 0 radical (unpaired) electrons. The van der Waals surface area contributed by atoms with Crippen molar-refractivity contribution in [2.24, 2.45) is 11.5 Å². The fraction of sp³-hybridized carbons (Fsp3) is 0.727. The molecular formula is C11H17N2O11PS. The average Bonchev–Trinajstić information content (AvgIpc) is 2.48. The van der Waals surface area contributed by atoms with Crippen LogP contribution in [-0.4, -0.2) is 78.5 Å². The van der Waals surface area contributed by atoms with Crippen molar-refractivity contribution in [2.45, 2.75) is 41.8 Å². The highest BCUT2D eigenvalue weighted by Gasteiger charge is 2.70. The molecular weight excluding hydrogens is 399 g/mol. The molecule has 0 aromatic heterocycles. The smallest absolute Gasteiger partial charge is 0.470 e. The lowest BCUT2D eigenvalue weighted by molar-refractivity contribution is -0.258. The van der Waals surface area contributed by atoms with Crippen molar-refractivity contribution < 1.29 is 52.9 Å². The van der Waals surface area contributed by atoms with Crippen LogP contribution in [0.3, 0.4) is 0 Å². The lowest BCUT2D eigenvalue weighted by Gasteiger charge is -2.55. The number of carboxylic acids is 1. The summed E-state index contributed by atoms with van der Waals surface area (Å²) in [4.78, 5) is 50.5. The van der Waals surface area contributed by atoms with Gasteiger partial charge in [-0.15, -0.1) is 11.8 Å². The van der Waals surface area contributed by atoms with E-state index in [1.54, 1.807) is 0 Å². The molecule has 2 aliphatic rings. The Morgan fingerprint density at radius 2 is 1.92 bits per heavy atom. The van der Waals surface area contributed by atoms with Gasteiger partial charge in [-0.2, -0.15) is 0 Å². The zero-order valence-electron chi connectivity index (χ0n) is 13.2. The number of fused-ring (bicyclic) bond motifs is 2. The number of ether oxygens (including phenoxy) is 2. The van der Waals surface area contributed by atoms with Gasteiger partial charge >= 0.3 is 19.8 Å². The Morgan fingerprint density at radius 1 is 1.35 bits per heavy atom. The second-order valence-corrected chi connectivity index (χ2v) is 8.14. The highest BCUT2D eigenvalue weighted by Crippen LogP contribution is 2.51. The molecule has 2 rings (SSSR count). The predicted molar refractivity (Wildman–Crippen MR) is 82.3 cm³/mol. The number of carbonyl (C=O) groups excluding carboxylic acids is 2. The third-order valence-electron chi connectivity index (χ3n) is 3.98. The van der Waals surface area contributed by atoms with Crippen LogP contribution in [0.25, 0.3) is 0 Å². The molecule has 2 fully saturated rings. The fourth-order valence-electron chi connectivity index (χ4n) is 2.84. The molecule has 6 atom stereocenters. The number of carbonyl (C=O) groups is 3. The number of aliphatic hydroxyl groups is 1. The average molecular weight is 416 g/mol. The van der Waals surface area contributed by atoms with Gasteiger partial charge in [0.05, 0.1) is 6.04 Å². The molecule has 13 nitrogen and oxygen atoms in total. The van der Waals surface area contributed by atoms with Crippen LogP contribution in [0.4, 0.5) is 0 Å². The lowest BCUT2D eigenvalue weighted by Crippen LogP contribution is -2.79. The van der Waals surface area contributed by atoms with Gasteiger partial charge in [-0.25, -0.2) is 9.36 Å². The van der Waals surface area contributed by atoms with Gasteiger partial charge < -0.3 is 40.9 Å². The first-order valence-electron chi connectivity index (χ1n) is 6.99. The van der Waals surface area contributed by atoms with Crippen molar-refractivity contribution in [3.8, 4) is 0 Å². The lowest BCUT2D eigenvalue weighted by atomic mass is 9.82. The number of esters is 1. The summed E-state index contributed by atoms with van der Waals surface area (Å²) in [6, 6.07) is -1.67. The molecule has 0 spiro atoms. The van der Waals surface area contributed by atoms with Crippen LogP contribution in [0.5, 0.6) is 0 Å². The number of amides is 1. The van der Waals surface area contributed by atoms with E-state index in [2.05, 4.69) is 4.52 Å². The number of carboxylic acid groups (broad SMARTS) is 1. The number of nitrogens with two attached hydrogens (primary N) is 2. The third kappa shape index (κ3) is 3.46. The molecule has 148 valence electrons. The molecule has 2 saturated heterocycles.